The molecule has 0 spiro atoms. The maximum Gasteiger partial charge on any atom is 0.323 e. The van der Waals surface area contributed by atoms with Gasteiger partial charge < -0.3 is 20.3 Å². The third-order valence-electron chi connectivity index (χ3n) is 4.36. The lowest BCUT2D eigenvalue weighted by molar-refractivity contribution is 0.122. The van der Waals surface area contributed by atoms with Gasteiger partial charge in [0.2, 0.25) is 0 Å². The summed E-state index contributed by atoms with van der Waals surface area (Å²) in [7, 11) is 0. The highest BCUT2D eigenvalue weighted by atomic mass is 16.5. The van der Waals surface area contributed by atoms with Crippen molar-refractivity contribution in [1.29, 1.82) is 0 Å². The van der Waals surface area contributed by atoms with Crippen molar-refractivity contribution in [2.75, 3.05) is 41.8 Å². The highest BCUT2D eigenvalue weighted by Gasteiger charge is 2.18. The molecule has 1 fully saturated rings. The second-order valence-electron chi connectivity index (χ2n) is 6.45. The number of ether oxygens (including phenoxy) is 1. The number of carbonyl (C=O) groups excluding carboxylic acids is 1. The second-order valence-corrected chi connectivity index (χ2v) is 6.45. The molecular formula is C19H21N7O2. The van der Waals surface area contributed by atoms with Gasteiger partial charge >= 0.3 is 6.03 Å². The van der Waals surface area contributed by atoms with Crippen LogP contribution < -0.4 is 15.5 Å². The summed E-state index contributed by atoms with van der Waals surface area (Å²) >= 11 is 0. The minimum atomic E-state index is -0.332. The van der Waals surface area contributed by atoms with E-state index in [2.05, 4.69) is 30.6 Å². The molecule has 4 rings (SSSR count). The Hall–Kier alpha value is -3.46. The van der Waals surface area contributed by atoms with Crippen LogP contribution >= 0.6 is 0 Å². The zero-order valence-electron chi connectivity index (χ0n) is 15.5. The van der Waals surface area contributed by atoms with Gasteiger partial charge in [0.1, 0.15) is 12.0 Å². The van der Waals surface area contributed by atoms with Gasteiger partial charge in [-0.2, -0.15) is 5.10 Å². The third kappa shape index (κ3) is 4.09. The van der Waals surface area contributed by atoms with Crippen LogP contribution in [0.25, 0.3) is 5.82 Å². The Balaban J connectivity index is 1.48. The molecule has 0 unspecified atom stereocenters. The number of benzene rings is 1. The van der Waals surface area contributed by atoms with Gasteiger partial charge in [-0.15, -0.1) is 0 Å². The van der Waals surface area contributed by atoms with Crippen molar-refractivity contribution < 1.29 is 9.53 Å². The maximum absolute atomic E-state index is 12.2. The lowest BCUT2D eigenvalue weighted by atomic mass is 10.2. The average molecular weight is 379 g/mol. The Morgan fingerprint density at radius 2 is 1.96 bits per heavy atom. The second kappa shape index (κ2) is 8.05. The fraction of sp³-hybridized carbons (Fsp3) is 0.263. The van der Waals surface area contributed by atoms with E-state index >= 15 is 0 Å². The number of aromatic nitrogens is 4. The van der Waals surface area contributed by atoms with Crippen LogP contribution in [-0.4, -0.2) is 52.1 Å². The SMILES string of the molecule is Cc1cccc(NC(=O)Nc2cnn(-c3ncncc3N3CCOCC3)c2)c1. The van der Waals surface area contributed by atoms with Gasteiger partial charge in [0, 0.05) is 18.8 Å². The molecule has 1 aromatic carbocycles. The highest BCUT2D eigenvalue weighted by Crippen LogP contribution is 2.22. The van der Waals surface area contributed by atoms with Crippen LogP contribution in [0.15, 0.2) is 49.2 Å². The first kappa shape index (κ1) is 17.9. The predicted octanol–water partition coefficient (Wildman–Crippen LogP) is 2.45. The van der Waals surface area contributed by atoms with Crippen LogP contribution in [-0.2, 0) is 4.74 Å². The van der Waals surface area contributed by atoms with Crippen molar-refractivity contribution in [2.24, 2.45) is 0 Å². The maximum atomic E-state index is 12.2. The fourth-order valence-corrected chi connectivity index (χ4v) is 3.04. The van der Waals surface area contributed by atoms with Crippen molar-refractivity contribution in [3.63, 3.8) is 0 Å². The fourth-order valence-electron chi connectivity index (χ4n) is 3.04. The van der Waals surface area contributed by atoms with Gasteiger partial charge in [-0.3, -0.25) is 0 Å². The molecule has 1 aliphatic heterocycles. The number of carbonyl (C=O) groups is 1. The van der Waals surface area contributed by atoms with E-state index in [1.807, 2.05) is 31.2 Å². The molecule has 1 aliphatic rings. The number of aryl methyl sites for hydroxylation is 1. The van der Waals surface area contributed by atoms with Crippen molar-refractivity contribution in [3.8, 4) is 5.82 Å². The Morgan fingerprint density at radius 3 is 2.79 bits per heavy atom. The summed E-state index contributed by atoms with van der Waals surface area (Å²) in [4.78, 5) is 22.9. The number of hydrogen-bond acceptors (Lipinski definition) is 6. The highest BCUT2D eigenvalue weighted by molar-refractivity contribution is 5.99. The normalized spacial score (nSPS) is 14.0. The van der Waals surface area contributed by atoms with Gasteiger partial charge in [-0.1, -0.05) is 12.1 Å². The first-order chi connectivity index (χ1) is 13.7. The van der Waals surface area contributed by atoms with Gasteiger partial charge in [0.25, 0.3) is 0 Å². The number of nitrogens with one attached hydrogen (secondary N) is 2. The summed E-state index contributed by atoms with van der Waals surface area (Å²) in [6.07, 6.45) is 6.56. The number of urea groups is 1. The molecule has 2 aromatic heterocycles. The Bertz CT molecular complexity index is 966. The number of anilines is 3. The quantitative estimate of drug-likeness (QED) is 0.723. The van der Waals surface area contributed by atoms with E-state index in [1.165, 1.54) is 6.33 Å². The van der Waals surface area contributed by atoms with Gasteiger partial charge in [-0.05, 0) is 24.6 Å². The van der Waals surface area contributed by atoms with Crippen molar-refractivity contribution >= 4 is 23.1 Å². The minimum Gasteiger partial charge on any atom is -0.378 e. The van der Waals surface area contributed by atoms with E-state index in [-0.39, 0.29) is 6.03 Å². The lowest BCUT2D eigenvalue weighted by Crippen LogP contribution is -2.37. The average Bonchev–Trinajstić information content (AvgIpc) is 3.17. The lowest BCUT2D eigenvalue weighted by Gasteiger charge is -2.29. The Labute approximate surface area is 162 Å². The molecule has 0 atom stereocenters. The van der Waals surface area contributed by atoms with Gasteiger partial charge in [-0.25, -0.2) is 19.4 Å². The van der Waals surface area contributed by atoms with E-state index in [9.17, 15) is 4.79 Å². The molecule has 0 aliphatic carbocycles. The van der Waals surface area contributed by atoms with Crippen molar-refractivity contribution in [2.45, 2.75) is 6.92 Å². The number of morpholine rings is 1. The smallest absolute Gasteiger partial charge is 0.323 e. The predicted molar refractivity (Wildman–Crippen MR) is 106 cm³/mol. The molecule has 9 nitrogen and oxygen atoms in total. The summed E-state index contributed by atoms with van der Waals surface area (Å²) in [6.45, 7) is 4.84. The first-order valence-corrected chi connectivity index (χ1v) is 9.01. The molecule has 2 N–H and O–H groups in total. The molecule has 0 bridgehead atoms. The molecule has 144 valence electrons. The number of nitrogens with zero attached hydrogens (tertiary/aromatic N) is 5. The Kier molecular flexibility index (Phi) is 5.16. The third-order valence-corrected chi connectivity index (χ3v) is 4.36. The van der Waals surface area contributed by atoms with E-state index in [1.54, 1.807) is 23.3 Å². The molecule has 3 heterocycles. The number of rotatable bonds is 4. The van der Waals surface area contributed by atoms with E-state index < -0.39 is 0 Å². The van der Waals surface area contributed by atoms with Gasteiger partial charge in [0.05, 0.1) is 37.5 Å². The molecule has 9 heteroatoms. The van der Waals surface area contributed by atoms with Crippen molar-refractivity contribution in [3.05, 3.63) is 54.7 Å². The zero-order valence-corrected chi connectivity index (χ0v) is 15.5. The van der Waals surface area contributed by atoms with E-state index in [0.717, 1.165) is 30.0 Å². The topological polar surface area (TPSA) is 97.2 Å². The summed E-state index contributed by atoms with van der Waals surface area (Å²) in [5.74, 6) is 0.657. The molecular weight excluding hydrogens is 358 g/mol. The van der Waals surface area contributed by atoms with E-state index in [4.69, 9.17) is 4.74 Å². The molecule has 0 saturated carbocycles. The molecule has 28 heavy (non-hydrogen) atoms. The van der Waals surface area contributed by atoms with Crippen molar-refractivity contribution in [1.82, 2.24) is 19.7 Å². The largest absolute Gasteiger partial charge is 0.378 e. The van der Waals surface area contributed by atoms with Crippen LogP contribution in [0, 0.1) is 6.92 Å². The van der Waals surface area contributed by atoms with Crippen LogP contribution in [0.5, 0.6) is 0 Å². The van der Waals surface area contributed by atoms with Crippen LogP contribution in [0.3, 0.4) is 0 Å². The molecule has 1 saturated heterocycles. The standard InChI is InChI=1S/C19H21N7O2/c1-14-3-2-4-15(9-14)23-19(27)24-16-10-22-26(12-16)18-17(11-20-13-21-18)25-5-7-28-8-6-25/h2-4,9-13H,5-8H2,1H3,(H2,23,24,27). The van der Waals surface area contributed by atoms with Crippen LogP contribution in [0.4, 0.5) is 21.9 Å². The monoisotopic (exact) mass is 379 g/mol. The molecule has 3 aromatic rings. The summed E-state index contributed by atoms with van der Waals surface area (Å²) < 4.78 is 7.05. The van der Waals surface area contributed by atoms with Crippen LogP contribution in [0.1, 0.15) is 5.56 Å². The van der Waals surface area contributed by atoms with E-state index in [0.29, 0.717) is 24.7 Å². The summed E-state index contributed by atoms with van der Waals surface area (Å²) in [5.41, 5.74) is 3.25. The van der Waals surface area contributed by atoms with Crippen LogP contribution in [0.2, 0.25) is 0 Å². The Morgan fingerprint density at radius 1 is 1.14 bits per heavy atom. The molecule has 0 radical (unpaired) electrons. The summed E-state index contributed by atoms with van der Waals surface area (Å²) in [5, 5.41) is 9.94. The first-order valence-electron chi connectivity index (χ1n) is 9.01. The molecule has 2 amide bonds. The number of amides is 2. The number of hydrogen-bond donors (Lipinski definition) is 2. The minimum absolute atomic E-state index is 0.332. The zero-order chi connectivity index (χ0) is 19.3. The summed E-state index contributed by atoms with van der Waals surface area (Å²) in [6, 6.07) is 7.28. The van der Waals surface area contributed by atoms with Gasteiger partial charge in [0.15, 0.2) is 5.82 Å².